The fourth-order valence-electron chi connectivity index (χ4n) is 3.00. The summed E-state index contributed by atoms with van der Waals surface area (Å²) in [5.74, 6) is 0.623. The molecule has 5 heteroatoms. The predicted molar refractivity (Wildman–Crippen MR) is 93.7 cm³/mol. The Hall–Kier alpha value is -1.88. The molecule has 23 heavy (non-hydrogen) atoms. The molecule has 1 aliphatic carbocycles. The number of methoxy groups -OCH3 is 1. The summed E-state index contributed by atoms with van der Waals surface area (Å²) in [5, 5.41) is 0. The fourth-order valence-corrected chi connectivity index (χ4v) is 4.20. The second kappa shape index (κ2) is 7.13. The number of carbonyl (C=O) groups excluding carboxylic acids is 1. The minimum absolute atomic E-state index is 0.0672. The van der Waals surface area contributed by atoms with Gasteiger partial charge in [0.2, 0.25) is 5.88 Å². The first kappa shape index (κ1) is 16.0. The minimum Gasteiger partial charge on any atom is -0.481 e. The normalized spacial score (nSPS) is 14.0. The third-order valence-corrected chi connectivity index (χ3v) is 5.49. The molecule has 1 amide bonds. The van der Waals surface area contributed by atoms with E-state index in [1.807, 2.05) is 13.0 Å². The van der Waals surface area contributed by atoms with E-state index < -0.39 is 0 Å². The van der Waals surface area contributed by atoms with Crippen molar-refractivity contribution in [3.63, 3.8) is 0 Å². The van der Waals surface area contributed by atoms with Crippen LogP contribution in [0.4, 0.5) is 5.69 Å². The molecule has 1 aliphatic rings. The molecule has 0 saturated heterocycles. The number of nitrogens with zero attached hydrogens (tertiary/aromatic N) is 2. The van der Waals surface area contributed by atoms with Crippen LogP contribution in [0.15, 0.2) is 24.4 Å². The van der Waals surface area contributed by atoms with Crippen LogP contribution in [0.3, 0.4) is 0 Å². The van der Waals surface area contributed by atoms with Crippen molar-refractivity contribution in [2.45, 2.75) is 39.0 Å². The third kappa shape index (κ3) is 3.39. The summed E-state index contributed by atoms with van der Waals surface area (Å²) in [7, 11) is 1.59. The van der Waals surface area contributed by atoms with E-state index in [0.717, 1.165) is 23.4 Å². The third-order valence-electron chi connectivity index (χ3n) is 4.26. The average molecular weight is 330 g/mol. The number of fused-ring (bicyclic) bond motifs is 1. The maximum Gasteiger partial charge on any atom is 0.268 e. The van der Waals surface area contributed by atoms with Crippen LogP contribution in [0.25, 0.3) is 0 Å². The quantitative estimate of drug-likeness (QED) is 0.793. The van der Waals surface area contributed by atoms with Crippen LogP contribution in [0.5, 0.6) is 5.88 Å². The first-order valence-corrected chi connectivity index (χ1v) is 8.98. The summed E-state index contributed by atoms with van der Waals surface area (Å²) in [6.07, 6.45) is 7.68. The van der Waals surface area contributed by atoms with Gasteiger partial charge in [-0.15, -0.1) is 11.3 Å². The zero-order chi connectivity index (χ0) is 16.2. The van der Waals surface area contributed by atoms with E-state index >= 15 is 0 Å². The Kier molecular flexibility index (Phi) is 4.96. The van der Waals surface area contributed by atoms with Crippen molar-refractivity contribution in [2.75, 3.05) is 18.6 Å². The Labute approximate surface area is 141 Å². The molecule has 0 aliphatic heterocycles. The number of ether oxygens (including phenoxy) is 1. The number of hydrogen-bond donors (Lipinski definition) is 0. The largest absolute Gasteiger partial charge is 0.481 e. The van der Waals surface area contributed by atoms with E-state index in [4.69, 9.17) is 4.74 Å². The number of rotatable bonds is 4. The van der Waals surface area contributed by atoms with Crippen LogP contribution < -0.4 is 9.64 Å². The van der Waals surface area contributed by atoms with Gasteiger partial charge in [-0.25, -0.2) is 4.98 Å². The zero-order valence-corrected chi connectivity index (χ0v) is 14.5. The Bertz CT molecular complexity index is 655. The van der Waals surface area contributed by atoms with Gasteiger partial charge < -0.3 is 9.64 Å². The summed E-state index contributed by atoms with van der Waals surface area (Å²) in [6.45, 7) is 2.61. The van der Waals surface area contributed by atoms with E-state index in [-0.39, 0.29) is 5.91 Å². The van der Waals surface area contributed by atoms with Crippen molar-refractivity contribution in [2.24, 2.45) is 0 Å². The lowest BCUT2D eigenvalue weighted by atomic mass is 10.1. The highest BCUT2D eigenvalue weighted by Crippen LogP contribution is 2.30. The molecule has 0 spiro atoms. The number of aryl methyl sites for hydroxylation is 2. The highest BCUT2D eigenvalue weighted by Gasteiger charge is 2.21. The molecule has 0 N–H and O–H groups in total. The molecular weight excluding hydrogens is 308 g/mol. The van der Waals surface area contributed by atoms with Gasteiger partial charge in [0.1, 0.15) is 0 Å². The first-order valence-electron chi connectivity index (χ1n) is 8.16. The Morgan fingerprint density at radius 3 is 2.83 bits per heavy atom. The lowest BCUT2D eigenvalue weighted by Crippen LogP contribution is -2.30. The molecule has 0 bridgehead atoms. The van der Waals surface area contributed by atoms with Gasteiger partial charge in [-0.05, 0) is 50.3 Å². The highest BCUT2D eigenvalue weighted by atomic mass is 32.1. The SMILES string of the molecule is CCN(C(=O)c1cc2c(s1)CCCCC2)c1ccc(OC)nc1. The van der Waals surface area contributed by atoms with Gasteiger partial charge in [0, 0.05) is 17.5 Å². The van der Waals surface area contributed by atoms with Gasteiger partial charge >= 0.3 is 0 Å². The lowest BCUT2D eigenvalue weighted by Gasteiger charge is -2.20. The number of amides is 1. The van der Waals surface area contributed by atoms with Crippen molar-refractivity contribution < 1.29 is 9.53 Å². The molecule has 0 unspecified atom stereocenters. The van der Waals surface area contributed by atoms with E-state index in [0.29, 0.717) is 12.4 Å². The van der Waals surface area contributed by atoms with E-state index in [1.54, 1.807) is 35.6 Å². The molecule has 2 aromatic rings. The van der Waals surface area contributed by atoms with Gasteiger partial charge in [0.25, 0.3) is 5.91 Å². The molecule has 0 radical (unpaired) electrons. The number of pyridine rings is 1. The minimum atomic E-state index is 0.0672. The van der Waals surface area contributed by atoms with E-state index in [9.17, 15) is 4.79 Å². The summed E-state index contributed by atoms with van der Waals surface area (Å²) < 4.78 is 5.08. The number of hydrogen-bond acceptors (Lipinski definition) is 4. The molecule has 2 aromatic heterocycles. The molecule has 4 nitrogen and oxygen atoms in total. The number of carbonyl (C=O) groups is 1. The fraction of sp³-hybridized carbons (Fsp3) is 0.444. The molecule has 0 saturated carbocycles. The van der Waals surface area contributed by atoms with Crippen LogP contribution in [0, 0.1) is 0 Å². The summed E-state index contributed by atoms with van der Waals surface area (Å²) in [4.78, 5) is 21.1. The van der Waals surface area contributed by atoms with Gasteiger partial charge in [0.15, 0.2) is 0 Å². The van der Waals surface area contributed by atoms with E-state index in [2.05, 4.69) is 11.1 Å². The number of anilines is 1. The molecule has 0 atom stereocenters. The van der Waals surface area contributed by atoms with Crippen molar-refractivity contribution in [1.29, 1.82) is 0 Å². The van der Waals surface area contributed by atoms with Gasteiger partial charge in [-0.3, -0.25) is 4.79 Å². The van der Waals surface area contributed by atoms with Gasteiger partial charge in [0.05, 0.1) is 23.9 Å². The standard InChI is InChI=1S/C18H22N2O2S/c1-3-20(14-9-10-17(22-2)19-12-14)18(21)16-11-13-7-5-4-6-8-15(13)23-16/h9-12H,3-8H2,1-2H3. The van der Waals surface area contributed by atoms with Crippen LogP contribution in [0.2, 0.25) is 0 Å². The van der Waals surface area contributed by atoms with E-state index in [1.165, 1.54) is 29.7 Å². The van der Waals surface area contributed by atoms with Crippen molar-refractivity contribution in [3.8, 4) is 5.88 Å². The van der Waals surface area contributed by atoms with Gasteiger partial charge in [-0.2, -0.15) is 0 Å². The zero-order valence-electron chi connectivity index (χ0n) is 13.7. The predicted octanol–water partition coefficient (Wildman–Crippen LogP) is 4.09. The average Bonchev–Trinajstić information content (AvgIpc) is 2.87. The molecule has 0 aromatic carbocycles. The highest BCUT2D eigenvalue weighted by molar-refractivity contribution is 7.14. The maximum atomic E-state index is 12.9. The summed E-state index contributed by atoms with van der Waals surface area (Å²) in [6, 6.07) is 5.77. The molecular formula is C18H22N2O2S. The summed E-state index contributed by atoms with van der Waals surface area (Å²) >= 11 is 1.67. The second-order valence-electron chi connectivity index (χ2n) is 5.73. The molecule has 2 heterocycles. The van der Waals surface area contributed by atoms with Crippen LogP contribution in [0.1, 0.15) is 46.3 Å². The van der Waals surface area contributed by atoms with Crippen molar-refractivity contribution >= 4 is 22.9 Å². The molecule has 0 fully saturated rings. The van der Waals surface area contributed by atoms with Crippen LogP contribution >= 0.6 is 11.3 Å². The summed E-state index contributed by atoms with van der Waals surface area (Å²) in [5.41, 5.74) is 2.18. The monoisotopic (exact) mass is 330 g/mol. The topological polar surface area (TPSA) is 42.4 Å². The number of thiophene rings is 1. The van der Waals surface area contributed by atoms with Crippen LogP contribution in [-0.4, -0.2) is 24.5 Å². The maximum absolute atomic E-state index is 12.9. The second-order valence-corrected chi connectivity index (χ2v) is 6.86. The van der Waals surface area contributed by atoms with Crippen LogP contribution in [-0.2, 0) is 12.8 Å². The molecule has 122 valence electrons. The first-order chi connectivity index (χ1) is 11.2. The smallest absolute Gasteiger partial charge is 0.268 e. The Morgan fingerprint density at radius 2 is 2.13 bits per heavy atom. The van der Waals surface area contributed by atoms with Crippen molar-refractivity contribution in [3.05, 3.63) is 39.7 Å². The van der Waals surface area contributed by atoms with Crippen molar-refractivity contribution in [1.82, 2.24) is 4.98 Å². The Balaban J connectivity index is 1.84. The molecule has 3 rings (SSSR count). The lowest BCUT2D eigenvalue weighted by molar-refractivity contribution is 0.0992. The number of aromatic nitrogens is 1. The van der Waals surface area contributed by atoms with Gasteiger partial charge in [-0.1, -0.05) is 6.42 Å². The Morgan fingerprint density at radius 1 is 1.30 bits per heavy atom.